The first-order valence-electron chi connectivity index (χ1n) is 5.35. The lowest BCUT2D eigenvalue weighted by atomic mass is 9.67. The summed E-state index contributed by atoms with van der Waals surface area (Å²) in [5.41, 5.74) is 0.161. The topological polar surface area (TPSA) is 29.5 Å². The van der Waals surface area contributed by atoms with Crippen LogP contribution in [0, 0.1) is 11.3 Å². The molecule has 0 bridgehead atoms. The molecule has 1 atom stereocenters. The van der Waals surface area contributed by atoms with Crippen molar-refractivity contribution in [1.82, 2.24) is 0 Å². The van der Waals surface area contributed by atoms with E-state index in [1.165, 1.54) is 32.1 Å². The summed E-state index contributed by atoms with van der Waals surface area (Å²) in [6.45, 7) is 3.31. The smallest absolute Gasteiger partial charge is 0.0494 e. The third kappa shape index (κ3) is 2.44. The van der Waals surface area contributed by atoms with Gasteiger partial charge in [-0.3, -0.25) is 0 Å². The fourth-order valence-corrected chi connectivity index (χ4v) is 2.49. The van der Waals surface area contributed by atoms with E-state index in [4.69, 9.17) is 4.74 Å². The van der Waals surface area contributed by atoms with E-state index in [-0.39, 0.29) is 5.41 Å². The molecule has 0 spiro atoms. The van der Waals surface area contributed by atoms with E-state index in [0.717, 1.165) is 6.61 Å². The van der Waals surface area contributed by atoms with Crippen LogP contribution in [0.15, 0.2) is 0 Å². The molecule has 1 aliphatic carbocycles. The van der Waals surface area contributed by atoms with Crippen molar-refractivity contribution >= 4 is 0 Å². The molecular weight excluding hydrogens is 164 g/mol. The van der Waals surface area contributed by atoms with Crippen molar-refractivity contribution in [1.29, 1.82) is 0 Å². The van der Waals surface area contributed by atoms with Crippen molar-refractivity contribution in [2.24, 2.45) is 11.3 Å². The van der Waals surface area contributed by atoms with Crippen molar-refractivity contribution in [3.63, 3.8) is 0 Å². The Morgan fingerprint density at radius 1 is 1.31 bits per heavy atom. The van der Waals surface area contributed by atoms with E-state index < -0.39 is 0 Å². The first-order chi connectivity index (χ1) is 6.25. The number of ether oxygens (including phenoxy) is 1. The molecule has 78 valence electrons. The van der Waals surface area contributed by atoms with Crippen LogP contribution < -0.4 is 0 Å². The molecule has 0 saturated heterocycles. The lowest BCUT2D eigenvalue weighted by Crippen LogP contribution is -2.37. The molecule has 1 aliphatic rings. The van der Waals surface area contributed by atoms with Crippen LogP contribution in [0.5, 0.6) is 0 Å². The highest BCUT2D eigenvalue weighted by Crippen LogP contribution is 2.42. The predicted octanol–water partition coefficient (Wildman–Crippen LogP) is 2.21. The summed E-state index contributed by atoms with van der Waals surface area (Å²) in [7, 11) is 1.74. The van der Waals surface area contributed by atoms with Crippen molar-refractivity contribution in [2.45, 2.75) is 39.0 Å². The minimum Gasteiger partial charge on any atom is -0.396 e. The fourth-order valence-electron chi connectivity index (χ4n) is 2.49. The van der Waals surface area contributed by atoms with Gasteiger partial charge < -0.3 is 9.84 Å². The largest absolute Gasteiger partial charge is 0.396 e. The molecule has 1 saturated carbocycles. The highest BCUT2D eigenvalue weighted by atomic mass is 16.5. The van der Waals surface area contributed by atoms with Gasteiger partial charge in [-0.2, -0.15) is 0 Å². The number of hydrogen-bond acceptors (Lipinski definition) is 2. The summed E-state index contributed by atoms with van der Waals surface area (Å²) in [4.78, 5) is 0. The van der Waals surface area contributed by atoms with Gasteiger partial charge >= 0.3 is 0 Å². The molecule has 0 heterocycles. The van der Waals surface area contributed by atoms with Crippen LogP contribution in [-0.2, 0) is 4.74 Å². The van der Waals surface area contributed by atoms with Gasteiger partial charge in [0.15, 0.2) is 0 Å². The van der Waals surface area contributed by atoms with E-state index in [2.05, 4.69) is 6.92 Å². The molecule has 0 radical (unpaired) electrons. The van der Waals surface area contributed by atoms with Gasteiger partial charge in [0.1, 0.15) is 0 Å². The highest BCUT2D eigenvalue weighted by molar-refractivity contribution is 4.86. The standard InChI is InChI=1S/C11H22O2/c1-10(8-13-2)11(9-12)6-4-3-5-7-11/h10,12H,3-9H2,1-2H3. The Morgan fingerprint density at radius 3 is 2.38 bits per heavy atom. The third-order valence-electron chi connectivity index (χ3n) is 3.63. The van der Waals surface area contributed by atoms with Crippen molar-refractivity contribution in [2.75, 3.05) is 20.3 Å². The van der Waals surface area contributed by atoms with Crippen LogP contribution in [-0.4, -0.2) is 25.4 Å². The lowest BCUT2D eigenvalue weighted by molar-refractivity contribution is -0.00526. The average Bonchev–Trinajstić information content (AvgIpc) is 2.19. The monoisotopic (exact) mass is 186 g/mol. The molecule has 1 unspecified atom stereocenters. The molecule has 0 aromatic rings. The molecule has 2 heteroatoms. The summed E-state index contributed by atoms with van der Waals surface area (Å²) >= 11 is 0. The second kappa shape index (κ2) is 4.97. The van der Waals surface area contributed by atoms with Crippen LogP contribution >= 0.6 is 0 Å². The maximum absolute atomic E-state index is 9.48. The van der Waals surface area contributed by atoms with Gasteiger partial charge in [-0.05, 0) is 24.2 Å². The van der Waals surface area contributed by atoms with E-state index >= 15 is 0 Å². The number of methoxy groups -OCH3 is 1. The van der Waals surface area contributed by atoms with Gasteiger partial charge in [0, 0.05) is 20.3 Å². The summed E-state index contributed by atoms with van der Waals surface area (Å²) in [5.74, 6) is 0.489. The Balaban J connectivity index is 2.55. The minimum atomic E-state index is 0.161. The maximum atomic E-state index is 9.48. The van der Waals surface area contributed by atoms with Crippen LogP contribution in [0.3, 0.4) is 0 Å². The second-order valence-electron chi connectivity index (χ2n) is 4.44. The number of rotatable bonds is 4. The SMILES string of the molecule is COCC(C)C1(CO)CCCCC1. The quantitative estimate of drug-likeness (QED) is 0.729. The summed E-state index contributed by atoms with van der Waals surface area (Å²) in [5, 5.41) is 9.48. The van der Waals surface area contributed by atoms with Gasteiger partial charge in [-0.25, -0.2) is 0 Å². The Kier molecular flexibility index (Phi) is 4.20. The first-order valence-corrected chi connectivity index (χ1v) is 5.35. The van der Waals surface area contributed by atoms with E-state index in [9.17, 15) is 5.11 Å². The van der Waals surface area contributed by atoms with Crippen LogP contribution in [0.4, 0.5) is 0 Å². The van der Waals surface area contributed by atoms with E-state index in [1.54, 1.807) is 7.11 Å². The maximum Gasteiger partial charge on any atom is 0.0494 e. The summed E-state index contributed by atoms with van der Waals surface area (Å²) in [6, 6.07) is 0. The van der Waals surface area contributed by atoms with Gasteiger partial charge in [0.05, 0.1) is 0 Å². The molecule has 1 fully saturated rings. The number of aliphatic hydroxyl groups excluding tert-OH is 1. The zero-order valence-electron chi connectivity index (χ0n) is 8.88. The van der Waals surface area contributed by atoms with Gasteiger partial charge in [0.2, 0.25) is 0 Å². The molecular formula is C11H22O2. The molecule has 2 nitrogen and oxygen atoms in total. The zero-order chi connectivity index (χ0) is 9.73. The Morgan fingerprint density at radius 2 is 1.92 bits per heavy atom. The van der Waals surface area contributed by atoms with Crippen LogP contribution in [0.2, 0.25) is 0 Å². The Bertz CT molecular complexity index is 139. The van der Waals surface area contributed by atoms with Crippen LogP contribution in [0.1, 0.15) is 39.0 Å². The predicted molar refractivity (Wildman–Crippen MR) is 53.6 cm³/mol. The molecule has 0 aliphatic heterocycles. The van der Waals surface area contributed by atoms with E-state index in [0.29, 0.717) is 12.5 Å². The molecule has 1 N–H and O–H groups in total. The van der Waals surface area contributed by atoms with Gasteiger partial charge in [0.25, 0.3) is 0 Å². The molecule has 1 rings (SSSR count). The normalized spacial score (nSPS) is 24.2. The van der Waals surface area contributed by atoms with Crippen molar-refractivity contribution in [3.8, 4) is 0 Å². The van der Waals surface area contributed by atoms with Crippen molar-refractivity contribution in [3.05, 3.63) is 0 Å². The average molecular weight is 186 g/mol. The number of aliphatic hydroxyl groups is 1. The Labute approximate surface area is 81.3 Å². The first kappa shape index (κ1) is 11.0. The highest BCUT2D eigenvalue weighted by Gasteiger charge is 2.36. The summed E-state index contributed by atoms with van der Waals surface area (Å²) < 4.78 is 5.17. The third-order valence-corrected chi connectivity index (χ3v) is 3.63. The van der Waals surface area contributed by atoms with Gasteiger partial charge in [-0.15, -0.1) is 0 Å². The van der Waals surface area contributed by atoms with Crippen LogP contribution in [0.25, 0.3) is 0 Å². The minimum absolute atomic E-state index is 0.161. The molecule has 0 amide bonds. The lowest BCUT2D eigenvalue weighted by Gasteiger charge is -2.40. The Hall–Kier alpha value is -0.0800. The molecule has 0 aromatic heterocycles. The van der Waals surface area contributed by atoms with E-state index in [1.807, 2.05) is 0 Å². The number of hydrogen-bond donors (Lipinski definition) is 1. The molecule has 13 heavy (non-hydrogen) atoms. The van der Waals surface area contributed by atoms with Gasteiger partial charge in [-0.1, -0.05) is 26.2 Å². The zero-order valence-corrected chi connectivity index (χ0v) is 8.88. The summed E-state index contributed by atoms with van der Waals surface area (Å²) in [6.07, 6.45) is 6.23. The second-order valence-corrected chi connectivity index (χ2v) is 4.44. The van der Waals surface area contributed by atoms with Crippen molar-refractivity contribution < 1.29 is 9.84 Å². The fraction of sp³-hybridized carbons (Fsp3) is 1.00. The molecule has 0 aromatic carbocycles.